The van der Waals surface area contributed by atoms with E-state index in [0.29, 0.717) is 13.0 Å². The number of benzene rings is 1. The smallest absolute Gasteiger partial charge is 0.309 e. The second-order valence-corrected chi connectivity index (χ2v) is 4.19. The van der Waals surface area contributed by atoms with Gasteiger partial charge in [-0.1, -0.05) is 6.07 Å². The third-order valence-electron chi connectivity index (χ3n) is 2.14. The third-order valence-corrected chi connectivity index (χ3v) is 2.76. The molecule has 0 fully saturated rings. The molecule has 0 radical (unpaired) electrons. The Bertz CT molecular complexity index is 435. The lowest BCUT2D eigenvalue weighted by atomic mass is 10.1. The quantitative estimate of drug-likeness (QED) is 0.799. The lowest BCUT2D eigenvalue weighted by molar-refractivity contribution is -0.137. The van der Waals surface area contributed by atoms with E-state index >= 15 is 0 Å². The first-order chi connectivity index (χ1) is 8.04. The molecular weight excluding hydrogens is 288 g/mol. The maximum absolute atomic E-state index is 10.9. The molecule has 1 aromatic rings. The average Bonchev–Trinajstić information content (AvgIpc) is 2.29. The van der Waals surface area contributed by atoms with Crippen LogP contribution in [-0.2, 0) is 16.0 Å². The summed E-state index contributed by atoms with van der Waals surface area (Å²) in [4.78, 5) is 21.4. The zero-order valence-electron chi connectivity index (χ0n) is 9.33. The van der Waals surface area contributed by atoms with Crippen molar-refractivity contribution in [2.45, 2.75) is 6.42 Å². The van der Waals surface area contributed by atoms with Crippen LogP contribution in [-0.4, -0.2) is 25.5 Å². The molecule has 1 aromatic carbocycles. The van der Waals surface area contributed by atoms with E-state index in [4.69, 9.17) is 10.5 Å². The van der Waals surface area contributed by atoms with Crippen molar-refractivity contribution < 1.29 is 14.3 Å². The fourth-order valence-corrected chi connectivity index (χ4v) is 1.86. The van der Waals surface area contributed by atoms with Crippen molar-refractivity contribution in [1.82, 2.24) is 5.32 Å². The van der Waals surface area contributed by atoms with Gasteiger partial charge in [-0.05, 0) is 40.0 Å². The van der Waals surface area contributed by atoms with E-state index in [1.54, 1.807) is 7.11 Å². The number of methoxy groups -OCH3 is 1. The number of nitrogens with two attached hydrogens (primary N) is 1. The Labute approximate surface area is 107 Å². The molecule has 5 nitrogen and oxygen atoms in total. The van der Waals surface area contributed by atoms with Gasteiger partial charge in [0.1, 0.15) is 5.75 Å². The van der Waals surface area contributed by atoms with E-state index in [0.717, 1.165) is 15.8 Å². The van der Waals surface area contributed by atoms with Crippen molar-refractivity contribution in [2.75, 3.05) is 13.7 Å². The predicted molar refractivity (Wildman–Crippen MR) is 66.6 cm³/mol. The number of hydrogen-bond donors (Lipinski definition) is 2. The molecule has 0 unspecified atom stereocenters. The molecule has 6 heteroatoms. The highest BCUT2D eigenvalue weighted by molar-refractivity contribution is 9.10. The first-order valence-corrected chi connectivity index (χ1v) is 5.74. The number of halogens is 1. The molecule has 0 saturated carbocycles. The van der Waals surface area contributed by atoms with Crippen molar-refractivity contribution in [3.05, 3.63) is 28.2 Å². The summed E-state index contributed by atoms with van der Waals surface area (Å²) in [6.45, 7) is 0.362. The van der Waals surface area contributed by atoms with Gasteiger partial charge in [0.15, 0.2) is 0 Å². The first-order valence-electron chi connectivity index (χ1n) is 4.94. The van der Waals surface area contributed by atoms with Crippen LogP contribution in [0, 0.1) is 0 Å². The summed E-state index contributed by atoms with van der Waals surface area (Å²) in [5, 5.41) is 2.42. The minimum absolute atomic E-state index is 0.362. The van der Waals surface area contributed by atoms with E-state index in [2.05, 4.69) is 21.2 Å². The minimum atomic E-state index is -0.971. The number of amides is 2. The molecule has 92 valence electrons. The second kappa shape index (κ2) is 6.24. The molecule has 2 amide bonds. The maximum Gasteiger partial charge on any atom is 0.309 e. The third kappa shape index (κ3) is 4.07. The summed E-state index contributed by atoms with van der Waals surface area (Å²) >= 11 is 3.36. The zero-order valence-corrected chi connectivity index (χ0v) is 10.9. The molecule has 0 aliphatic heterocycles. The van der Waals surface area contributed by atoms with Crippen LogP contribution in [0.15, 0.2) is 22.7 Å². The van der Waals surface area contributed by atoms with Gasteiger partial charge in [-0.25, -0.2) is 0 Å². The Morgan fingerprint density at radius 2 is 2.18 bits per heavy atom. The van der Waals surface area contributed by atoms with Gasteiger partial charge in [-0.15, -0.1) is 0 Å². The summed E-state index contributed by atoms with van der Waals surface area (Å²) in [5.74, 6) is -0.992. The van der Waals surface area contributed by atoms with Crippen LogP contribution in [0.5, 0.6) is 5.75 Å². The monoisotopic (exact) mass is 300 g/mol. The Hall–Kier alpha value is -1.56. The molecule has 0 heterocycles. The summed E-state index contributed by atoms with van der Waals surface area (Å²) in [6, 6.07) is 5.62. The average molecular weight is 301 g/mol. The molecule has 3 N–H and O–H groups in total. The fourth-order valence-electron chi connectivity index (χ4n) is 1.27. The summed E-state index contributed by atoms with van der Waals surface area (Å²) in [6.07, 6.45) is 0.613. The van der Waals surface area contributed by atoms with Gasteiger partial charge in [-0.3, -0.25) is 9.59 Å². The Kier molecular flexibility index (Phi) is 4.96. The van der Waals surface area contributed by atoms with Gasteiger partial charge in [0, 0.05) is 6.54 Å². The molecule has 0 aliphatic rings. The SMILES string of the molecule is COc1ccc(CCNC(=O)C(N)=O)cc1Br. The lowest BCUT2D eigenvalue weighted by Gasteiger charge is -2.06. The summed E-state index contributed by atoms with van der Waals surface area (Å²) < 4.78 is 5.94. The number of primary amides is 1. The molecule has 0 spiro atoms. The molecule has 0 saturated heterocycles. The Morgan fingerprint density at radius 1 is 1.47 bits per heavy atom. The van der Waals surface area contributed by atoms with Crippen LogP contribution in [0.1, 0.15) is 5.56 Å². The Balaban J connectivity index is 2.50. The highest BCUT2D eigenvalue weighted by atomic mass is 79.9. The van der Waals surface area contributed by atoms with E-state index in [1.807, 2.05) is 18.2 Å². The standard InChI is InChI=1S/C11H13BrN2O3/c1-17-9-3-2-7(6-8(9)12)4-5-14-11(16)10(13)15/h2-3,6H,4-5H2,1H3,(H2,13,15)(H,14,16). The van der Waals surface area contributed by atoms with Gasteiger partial charge in [0.25, 0.3) is 0 Å². The Morgan fingerprint density at radius 3 is 2.71 bits per heavy atom. The molecule has 1 rings (SSSR count). The molecule has 0 bridgehead atoms. The number of ether oxygens (including phenoxy) is 1. The van der Waals surface area contributed by atoms with Gasteiger partial charge in [0.05, 0.1) is 11.6 Å². The molecular formula is C11H13BrN2O3. The summed E-state index contributed by atoms with van der Waals surface area (Å²) in [5.41, 5.74) is 5.82. The van der Waals surface area contributed by atoms with E-state index < -0.39 is 11.8 Å². The van der Waals surface area contributed by atoms with Crippen molar-refractivity contribution in [2.24, 2.45) is 5.73 Å². The van der Waals surface area contributed by atoms with Crippen LogP contribution in [0.4, 0.5) is 0 Å². The number of carbonyl (C=O) groups excluding carboxylic acids is 2. The predicted octanol–water partition coefficient (Wildman–Crippen LogP) is 0.602. The van der Waals surface area contributed by atoms with Crippen molar-refractivity contribution in [3.8, 4) is 5.75 Å². The number of hydrogen-bond acceptors (Lipinski definition) is 3. The second-order valence-electron chi connectivity index (χ2n) is 3.34. The van der Waals surface area contributed by atoms with Crippen LogP contribution in [0.25, 0.3) is 0 Å². The largest absolute Gasteiger partial charge is 0.496 e. The number of rotatable bonds is 4. The van der Waals surface area contributed by atoms with Gasteiger partial charge >= 0.3 is 11.8 Å². The minimum Gasteiger partial charge on any atom is -0.496 e. The van der Waals surface area contributed by atoms with E-state index in [9.17, 15) is 9.59 Å². The summed E-state index contributed by atoms with van der Waals surface area (Å²) in [7, 11) is 1.59. The van der Waals surface area contributed by atoms with Crippen LogP contribution >= 0.6 is 15.9 Å². The van der Waals surface area contributed by atoms with Gasteiger partial charge in [0.2, 0.25) is 0 Å². The van der Waals surface area contributed by atoms with Crippen LogP contribution in [0.3, 0.4) is 0 Å². The molecule has 0 aromatic heterocycles. The molecule has 0 atom stereocenters. The maximum atomic E-state index is 10.9. The number of carbonyl (C=O) groups is 2. The van der Waals surface area contributed by atoms with E-state index in [-0.39, 0.29) is 0 Å². The number of nitrogens with one attached hydrogen (secondary N) is 1. The lowest BCUT2D eigenvalue weighted by Crippen LogP contribution is -2.37. The van der Waals surface area contributed by atoms with Crippen molar-refractivity contribution >= 4 is 27.7 Å². The molecule has 0 aliphatic carbocycles. The van der Waals surface area contributed by atoms with Crippen molar-refractivity contribution in [1.29, 1.82) is 0 Å². The van der Waals surface area contributed by atoms with Gasteiger partial charge < -0.3 is 15.8 Å². The zero-order chi connectivity index (χ0) is 12.8. The highest BCUT2D eigenvalue weighted by Gasteiger charge is 2.07. The first kappa shape index (κ1) is 13.5. The normalized spacial score (nSPS) is 9.76. The van der Waals surface area contributed by atoms with E-state index in [1.165, 1.54) is 0 Å². The fraction of sp³-hybridized carbons (Fsp3) is 0.273. The van der Waals surface area contributed by atoms with Crippen LogP contribution < -0.4 is 15.8 Å². The van der Waals surface area contributed by atoms with Gasteiger partial charge in [-0.2, -0.15) is 0 Å². The topological polar surface area (TPSA) is 81.4 Å². The van der Waals surface area contributed by atoms with Crippen molar-refractivity contribution in [3.63, 3.8) is 0 Å². The highest BCUT2D eigenvalue weighted by Crippen LogP contribution is 2.25. The molecule has 17 heavy (non-hydrogen) atoms. The van der Waals surface area contributed by atoms with Crippen LogP contribution in [0.2, 0.25) is 0 Å².